The minimum Gasteiger partial charge on any atom is -0.351 e. The van der Waals surface area contributed by atoms with Gasteiger partial charge in [-0.1, -0.05) is 77.9 Å². The van der Waals surface area contributed by atoms with E-state index < -0.39 is 10.0 Å². The maximum Gasteiger partial charge on any atom is 0.244 e. The number of benzene rings is 3. The second-order valence-corrected chi connectivity index (χ2v) is 10.4. The fourth-order valence-corrected chi connectivity index (χ4v) is 5.82. The zero-order valence-corrected chi connectivity index (χ0v) is 20.6. The van der Waals surface area contributed by atoms with Gasteiger partial charge in [-0.05, 0) is 56.4 Å². The van der Waals surface area contributed by atoms with Crippen molar-refractivity contribution in [1.82, 2.24) is 9.62 Å². The molecule has 0 atom stereocenters. The smallest absolute Gasteiger partial charge is 0.244 e. The van der Waals surface area contributed by atoms with Crippen LogP contribution in [0.4, 0.5) is 0 Å². The Balaban J connectivity index is 1.82. The van der Waals surface area contributed by atoms with Crippen LogP contribution in [0.25, 0.3) is 0 Å². The Hall–Kier alpha value is -2.96. The third-order valence-electron chi connectivity index (χ3n) is 5.63. The summed E-state index contributed by atoms with van der Waals surface area (Å²) in [5, 5.41) is 2.86. The summed E-state index contributed by atoms with van der Waals surface area (Å²) in [6.45, 7) is 7.91. The molecule has 0 aliphatic rings. The third kappa shape index (κ3) is 6.53. The standard InChI is InChI=1S/C27H32N2O3S/c1-20-10-12-25(13-11-20)18-28-26(30)19-29(15-14-24-8-6-5-7-9-24)33(31,32)27-22(3)16-21(2)17-23(27)4/h5-13,16-17H,14-15,18-19H2,1-4H3,(H,28,30). The first-order valence-electron chi connectivity index (χ1n) is 11.1. The number of rotatable bonds is 9. The highest BCUT2D eigenvalue weighted by Crippen LogP contribution is 2.25. The van der Waals surface area contributed by atoms with Crippen LogP contribution in [0.3, 0.4) is 0 Å². The van der Waals surface area contributed by atoms with Crippen LogP contribution in [0.2, 0.25) is 0 Å². The fraction of sp³-hybridized carbons (Fsp3) is 0.296. The van der Waals surface area contributed by atoms with Crippen molar-refractivity contribution in [3.8, 4) is 0 Å². The first-order chi connectivity index (χ1) is 15.7. The summed E-state index contributed by atoms with van der Waals surface area (Å²) in [4.78, 5) is 13.1. The van der Waals surface area contributed by atoms with E-state index in [0.29, 0.717) is 24.1 Å². The van der Waals surface area contributed by atoms with Crippen LogP contribution in [-0.2, 0) is 27.8 Å². The van der Waals surface area contributed by atoms with Crippen LogP contribution in [0.15, 0.2) is 71.6 Å². The van der Waals surface area contributed by atoms with E-state index in [1.54, 1.807) is 13.8 Å². The number of nitrogens with zero attached hydrogens (tertiary/aromatic N) is 1. The monoisotopic (exact) mass is 464 g/mol. The van der Waals surface area contributed by atoms with E-state index in [1.165, 1.54) is 4.31 Å². The minimum absolute atomic E-state index is 0.219. The number of sulfonamides is 1. The maximum atomic E-state index is 13.7. The molecule has 0 radical (unpaired) electrons. The number of hydrogen-bond donors (Lipinski definition) is 1. The number of nitrogens with one attached hydrogen (secondary N) is 1. The molecule has 1 N–H and O–H groups in total. The van der Waals surface area contributed by atoms with Crippen molar-refractivity contribution in [1.29, 1.82) is 0 Å². The molecule has 1 amide bonds. The lowest BCUT2D eigenvalue weighted by Gasteiger charge is -2.24. The van der Waals surface area contributed by atoms with E-state index in [1.807, 2.05) is 80.6 Å². The molecule has 0 aromatic heterocycles. The summed E-state index contributed by atoms with van der Waals surface area (Å²) >= 11 is 0. The van der Waals surface area contributed by atoms with Gasteiger partial charge >= 0.3 is 0 Å². The highest BCUT2D eigenvalue weighted by atomic mass is 32.2. The Kier molecular flexibility index (Phi) is 8.06. The van der Waals surface area contributed by atoms with Gasteiger partial charge in [-0.25, -0.2) is 8.42 Å². The average molecular weight is 465 g/mol. The lowest BCUT2D eigenvalue weighted by molar-refractivity contribution is -0.121. The number of carbonyl (C=O) groups excluding carboxylic acids is 1. The Labute approximate surface area is 197 Å². The normalized spacial score (nSPS) is 11.5. The van der Waals surface area contributed by atoms with Crippen molar-refractivity contribution >= 4 is 15.9 Å². The number of hydrogen-bond acceptors (Lipinski definition) is 3. The van der Waals surface area contributed by atoms with Gasteiger partial charge in [-0.3, -0.25) is 4.79 Å². The van der Waals surface area contributed by atoms with Crippen molar-refractivity contribution in [2.45, 2.75) is 45.6 Å². The van der Waals surface area contributed by atoms with Gasteiger partial charge in [0.1, 0.15) is 0 Å². The number of carbonyl (C=O) groups is 1. The van der Waals surface area contributed by atoms with Crippen LogP contribution < -0.4 is 5.32 Å². The summed E-state index contributed by atoms with van der Waals surface area (Å²) in [6.07, 6.45) is 0.523. The van der Waals surface area contributed by atoms with Crippen LogP contribution in [0, 0.1) is 27.7 Å². The molecule has 0 saturated heterocycles. The number of amides is 1. The van der Waals surface area contributed by atoms with Crippen molar-refractivity contribution in [2.75, 3.05) is 13.1 Å². The predicted molar refractivity (Wildman–Crippen MR) is 133 cm³/mol. The zero-order chi connectivity index (χ0) is 24.0. The maximum absolute atomic E-state index is 13.7. The largest absolute Gasteiger partial charge is 0.351 e. The Morgan fingerprint density at radius 1 is 0.818 bits per heavy atom. The minimum atomic E-state index is -3.86. The van der Waals surface area contributed by atoms with E-state index in [4.69, 9.17) is 0 Å². The highest BCUT2D eigenvalue weighted by molar-refractivity contribution is 7.89. The first-order valence-corrected chi connectivity index (χ1v) is 12.5. The van der Waals surface area contributed by atoms with Crippen LogP contribution >= 0.6 is 0 Å². The topological polar surface area (TPSA) is 66.5 Å². The quantitative estimate of drug-likeness (QED) is 0.508. The van der Waals surface area contributed by atoms with E-state index >= 15 is 0 Å². The third-order valence-corrected chi connectivity index (χ3v) is 7.78. The fourth-order valence-electron chi connectivity index (χ4n) is 4.01. The summed E-state index contributed by atoms with van der Waals surface area (Å²) in [7, 11) is -3.86. The Bertz CT molecular complexity index is 1180. The number of aryl methyl sites for hydroxylation is 4. The molecular weight excluding hydrogens is 432 g/mol. The molecule has 174 valence electrons. The average Bonchev–Trinajstić information content (AvgIpc) is 2.76. The van der Waals surface area contributed by atoms with Crippen LogP contribution in [0.5, 0.6) is 0 Å². The SMILES string of the molecule is Cc1ccc(CNC(=O)CN(CCc2ccccc2)S(=O)(=O)c2c(C)cc(C)cc2C)cc1. The lowest BCUT2D eigenvalue weighted by atomic mass is 10.1. The molecule has 0 aliphatic heterocycles. The van der Waals surface area contributed by atoms with Gasteiger partial charge in [0, 0.05) is 13.1 Å². The Morgan fingerprint density at radius 2 is 1.42 bits per heavy atom. The molecule has 0 unspecified atom stereocenters. The lowest BCUT2D eigenvalue weighted by Crippen LogP contribution is -2.42. The second kappa shape index (κ2) is 10.8. The molecular formula is C27H32N2O3S. The second-order valence-electron chi connectivity index (χ2n) is 8.56. The first kappa shape index (κ1) is 24.7. The summed E-state index contributed by atoms with van der Waals surface area (Å²) in [6, 6.07) is 21.3. The summed E-state index contributed by atoms with van der Waals surface area (Å²) in [5.74, 6) is -0.324. The summed E-state index contributed by atoms with van der Waals surface area (Å²) < 4.78 is 28.7. The van der Waals surface area contributed by atoms with E-state index in [-0.39, 0.29) is 23.9 Å². The molecule has 3 aromatic rings. The van der Waals surface area contributed by atoms with Crippen molar-refractivity contribution < 1.29 is 13.2 Å². The van der Waals surface area contributed by atoms with Crippen molar-refractivity contribution in [3.63, 3.8) is 0 Å². The van der Waals surface area contributed by atoms with Crippen molar-refractivity contribution in [2.24, 2.45) is 0 Å². The summed E-state index contributed by atoms with van der Waals surface area (Å²) in [5.41, 5.74) is 5.53. The van der Waals surface area contributed by atoms with E-state index in [0.717, 1.165) is 22.3 Å². The Morgan fingerprint density at radius 3 is 2.03 bits per heavy atom. The van der Waals surface area contributed by atoms with Crippen LogP contribution in [-0.4, -0.2) is 31.7 Å². The molecule has 0 saturated carbocycles. The molecule has 0 aliphatic carbocycles. The zero-order valence-electron chi connectivity index (χ0n) is 19.8. The molecule has 3 aromatic carbocycles. The predicted octanol–water partition coefficient (Wildman–Crippen LogP) is 4.47. The molecule has 0 spiro atoms. The molecule has 5 nitrogen and oxygen atoms in total. The van der Waals surface area contributed by atoms with Gasteiger partial charge in [-0.15, -0.1) is 0 Å². The molecule has 0 fully saturated rings. The van der Waals surface area contributed by atoms with Crippen molar-refractivity contribution in [3.05, 3.63) is 100 Å². The molecule has 6 heteroatoms. The molecule has 3 rings (SSSR count). The van der Waals surface area contributed by atoms with Gasteiger partial charge < -0.3 is 5.32 Å². The molecule has 0 heterocycles. The molecule has 33 heavy (non-hydrogen) atoms. The highest BCUT2D eigenvalue weighted by Gasteiger charge is 2.29. The van der Waals surface area contributed by atoms with Gasteiger partial charge in [0.15, 0.2) is 0 Å². The van der Waals surface area contributed by atoms with E-state index in [2.05, 4.69) is 5.32 Å². The van der Waals surface area contributed by atoms with Gasteiger partial charge in [0.05, 0.1) is 11.4 Å². The van der Waals surface area contributed by atoms with Gasteiger partial charge in [0.2, 0.25) is 15.9 Å². The molecule has 0 bridgehead atoms. The van der Waals surface area contributed by atoms with Crippen LogP contribution in [0.1, 0.15) is 33.4 Å². The van der Waals surface area contributed by atoms with Gasteiger partial charge in [0.25, 0.3) is 0 Å². The van der Waals surface area contributed by atoms with Gasteiger partial charge in [-0.2, -0.15) is 4.31 Å². The van der Waals surface area contributed by atoms with E-state index in [9.17, 15) is 13.2 Å².